The van der Waals surface area contributed by atoms with Gasteiger partial charge in [-0.2, -0.15) is 0 Å². The molecule has 2 saturated heterocycles. The zero-order chi connectivity index (χ0) is 88.4. The zero-order valence-corrected chi connectivity index (χ0v) is 68.1. The molecule has 1 unspecified atom stereocenters. The van der Waals surface area contributed by atoms with E-state index in [2.05, 4.69) is 42.5 Å². The van der Waals surface area contributed by atoms with Crippen LogP contribution in [-0.4, -0.2) is 212 Å². The summed E-state index contributed by atoms with van der Waals surface area (Å²) in [4.78, 5) is 133. The minimum Gasteiger partial charge on any atom is -0.507 e. The molecule has 14 bridgehead atoms. The van der Waals surface area contributed by atoms with Gasteiger partial charge in [0.2, 0.25) is 59.3 Å². The van der Waals surface area contributed by atoms with Gasteiger partial charge in [-0.3, -0.25) is 38.4 Å². The molecule has 0 radical (unpaired) electrons. The number of phenolic OH excluding ortho intramolecular Hbond substituents is 3. The van der Waals surface area contributed by atoms with E-state index in [0.29, 0.717) is 12.4 Å². The van der Waals surface area contributed by atoms with Gasteiger partial charge in [-0.1, -0.05) is 63.4 Å². The van der Waals surface area contributed by atoms with Crippen molar-refractivity contribution >= 4 is 74.9 Å². The van der Waals surface area contributed by atoms with E-state index >= 15 is 24.0 Å². The lowest BCUT2D eigenvalue weighted by Gasteiger charge is -2.48. The first-order valence-corrected chi connectivity index (χ1v) is 41.0. The number of hydrogen-bond donors (Lipinski definition) is 21. The molecule has 41 heteroatoms. The number of nitrogens with two attached hydrogens (primary N) is 2. The minimum absolute atomic E-state index is 0.150. The number of nitrogens with one attached hydrogen (secondary N) is 9. The number of amides is 8. The van der Waals surface area contributed by atoms with E-state index in [0.717, 1.165) is 86.0 Å². The largest absolute Gasteiger partial charge is 0.507 e. The first-order chi connectivity index (χ1) is 57.8. The molecule has 8 aliphatic rings. The van der Waals surface area contributed by atoms with Crippen LogP contribution >= 0.6 is 11.6 Å². The highest BCUT2D eigenvalue weighted by Gasteiger charge is 2.54. The molecule has 0 aliphatic carbocycles. The Hall–Kier alpha value is -11.1. The molecule has 0 spiro atoms. The Kier molecular flexibility index (Phi) is 27.6. The molecule has 23 N–H and O–H groups in total. The second-order valence-corrected chi connectivity index (χ2v) is 33.3. The number of aliphatic hydroxyl groups is 6. The van der Waals surface area contributed by atoms with Crippen molar-refractivity contribution < 1.29 is 136 Å². The average molecular weight is 1740 g/mol. The number of fused-ring (bicyclic) bond motifs is 16. The SMILES string of the molecule is CCCCCOc1ccc(S(=O)(=O)NC(=O)CCNCc2c(O)cc3c(c2O)-c2cc(ccc2O)[C@H]2NC(=O)[C@@H]4NC(=O)[C@H](CC(N)=O)NC(=O)[C@H](NC(=O)[C@@H](CC(C)C)NC)[C@H](O)c5ccc6c(c5)C(O)[C@H]5O[C@@H](Oc7c(cc4cc7O6)Oc4ccc(cc4Cl)[C@@H](O)[C@H](NC2=O)C(=O)N[C@@H]3C(=O)O)[C@H](O[C@H]2C[C@](C)(N)[C@H](O)[C@H](C)O2)[C@@H](O)[C@@H]5O)cc1. The van der Waals surface area contributed by atoms with Crippen molar-refractivity contribution in [3.8, 4) is 62.9 Å². The number of primary amides is 1. The maximum Gasteiger partial charge on any atom is 0.330 e. The number of benzene rings is 6. The van der Waals surface area contributed by atoms with Gasteiger partial charge in [0.05, 0.1) is 46.8 Å². The van der Waals surface area contributed by atoms with Crippen LogP contribution in [-0.2, 0) is 73.9 Å². The monoisotopic (exact) mass is 1740 g/mol. The number of carboxylic acid groups (broad SMARTS) is 1. The van der Waals surface area contributed by atoms with Gasteiger partial charge in [-0.05, 0) is 141 Å². The van der Waals surface area contributed by atoms with Gasteiger partial charge >= 0.3 is 5.97 Å². The van der Waals surface area contributed by atoms with Gasteiger partial charge < -0.3 is 138 Å². The highest BCUT2D eigenvalue weighted by molar-refractivity contribution is 7.90. The first kappa shape index (κ1) is 90.2. The molecule has 0 saturated carbocycles. The molecule has 14 rings (SSSR count). The number of aliphatic carboxylic acids is 1. The molecule has 656 valence electrons. The van der Waals surface area contributed by atoms with Crippen LogP contribution in [0.3, 0.4) is 0 Å². The highest BCUT2D eigenvalue weighted by atomic mass is 35.5. The molecule has 8 heterocycles. The number of carbonyl (C=O) groups excluding carboxylic acids is 8. The number of likely N-dealkylation sites (N-methyl/N-ethyl adjacent to an activating group) is 1. The van der Waals surface area contributed by atoms with Crippen LogP contribution in [0.25, 0.3) is 11.1 Å². The predicted molar refractivity (Wildman–Crippen MR) is 425 cm³/mol. The van der Waals surface area contributed by atoms with E-state index in [4.69, 9.17) is 56.2 Å². The van der Waals surface area contributed by atoms with E-state index in [1.54, 1.807) is 13.8 Å². The van der Waals surface area contributed by atoms with Gasteiger partial charge in [0.25, 0.3) is 10.0 Å². The van der Waals surface area contributed by atoms with Crippen LogP contribution in [0.5, 0.6) is 51.7 Å². The second kappa shape index (κ2) is 37.3. The van der Waals surface area contributed by atoms with Gasteiger partial charge in [0, 0.05) is 53.7 Å². The third-order valence-electron chi connectivity index (χ3n) is 21.7. The lowest BCUT2D eigenvalue weighted by molar-refractivity contribution is -0.339. The number of carboxylic acids is 1. The Balaban J connectivity index is 1.02. The summed E-state index contributed by atoms with van der Waals surface area (Å²) in [6.07, 6.45) is -20.0. The van der Waals surface area contributed by atoms with Crippen LogP contribution in [0.4, 0.5) is 0 Å². The van der Waals surface area contributed by atoms with Crippen LogP contribution in [0.15, 0.2) is 102 Å². The van der Waals surface area contributed by atoms with E-state index in [1.165, 1.54) is 51.2 Å². The normalized spacial score (nSPS) is 27.4. The molecular formula is C81H96ClN11O28S. The topological polar surface area (TPSA) is 615 Å². The highest BCUT2D eigenvalue weighted by Crippen LogP contribution is 2.52. The number of phenols is 3. The first-order valence-electron chi connectivity index (χ1n) is 39.1. The summed E-state index contributed by atoms with van der Waals surface area (Å²) >= 11 is 7.13. The number of unbranched alkanes of at least 4 members (excludes halogenated alkanes) is 2. The maximum absolute atomic E-state index is 16.3. The van der Waals surface area contributed by atoms with E-state index < -0.39 is 288 Å². The fourth-order valence-electron chi connectivity index (χ4n) is 15.2. The predicted octanol–water partition coefficient (Wildman–Crippen LogP) is 1.06. The Bertz CT molecular complexity index is 5140. The lowest BCUT2D eigenvalue weighted by Crippen LogP contribution is -2.64. The molecule has 6 aromatic rings. The fraction of sp³-hybridized carbons (Fsp3) is 0.444. The number of aromatic hydroxyl groups is 3. The van der Waals surface area contributed by atoms with Crippen molar-refractivity contribution in [1.82, 2.24) is 47.3 Å². The summed E-state index contributed by atoms with van der Waals surface area (Å²) in [7, 11) is -2.99. The Morgan fingerprint density at radius 1 is 0.713 bits per heavy atom. The number of aliphatic hydroxyl groups excluding tert-OH is 6. The Morgan fingerprint density at radius 2 is 1.37 bits per heavy atom. The van der Waals surface area contributed by atoms with Crippen LogP contribution < -0.4 is 77.7 Å². The standard InChI is InChI=1S/C81H96ClN11O28S/c1-7-8-9-22-115-39-13-15-40(16-14-39)122(113,114)93-55(97)20-21-86-32-44-49(95)29-43-57(65(44)100)41-24-35(10-17-48(41)94)58-75(107)92-62(78(110)90-60(43)79(111)112)64(99)37-12-19-51(45(82)26-37)118-53-28-38-27-52-69(53)120-80-71(119-56-31-81(5,84)72(104)34(4)116-56)68(103)67(102)70(121-80)66(101)42-25-36(11-18-50(42)117-52)63(98)61(91-73(105)46(85-6)23-33(2)3)77(109)87-47(30-54(83)96)74(106)88-59(38)76(108)89-58/h10-19,24-29,33-34,46-47,56,58-64,66-68,70-72,80,85-86,94-95,98-104H,7-9,20-23,30-32,84H2,1-6H3,(H2,83,96)(H,87,109)(H,88,106)(H,89,108)(H,90,110)(H,91,105)(H,92,107)(H,93,97)(H,111,112)/t34-,46+,47-,56-,58+,59+,60-,61+,62-,63+,64+,66?,67-,68-,70+,71+,72+,80+,81-/m0/s1. The molecule has 39 nitrogen and oxygen atoms in total. The van der Waals surface area contributed by atoms with Crippen LogP contribution in [0.2, 0.25) is 5.02 Å². The number of sulfonamides is 1. The van der Waals surface area contributed by atoms with Crippen molar-refractivity contribution in [3.63, 3.8) is 0 Å². The van der Waals surface area contributed by atoms with Crippen LogP contribution in [0, 0.1) is 5.92 Å². The molecular weight excluding hydrogens is 1640 g/mol. The van der Waals surface area contributed by atoms with Gasteiger partial charge in [0.1, 0.15) is 101 Å². The maximum atomic E-state index is 16.3. The third kappa shape index (κ3) is 19.5. The molecule has 6 aromatic carbocycles. The summed E-state index contributed by atoms with van der Waals surface area (Å²) in [5, 5.41) is 141. The number of hydrogen-bond acceptors (Lipinski definition) is 30. The summed E-state index contributed by atoms with van der Waals surface area (Å²) in [6.45, 7) is 8.00. The van der Waals surface area contributed by atoms with Gasteiger partial charge in [0.15, 0.2) is 29.9 Å². The smallest absolute Gasteiger partial charge is 0.330 e. The van der Waals surface area contributed by atoms with E-state index in [9.17, 15) is 78.7 Å². The number of halogens is 1. The lowest BCUT2D eigenvalue weighted by atomic mass is 9.86. The van der Waals surface area contributed by atoms with Gasteiger partial charge in [-0.15, -0.1) is 0 Å². The average Bonchev–Trinajstić information content (AvgIpc) is 0.748. The minimum atomic E-state index is -4.43. The number of rotatable bonds is 22. The third-order valence-corrected chi connectivity index (χ3v) is 23.4. The summed E-state index contributed by atoms with van der Waals surface area (Å²) in [5.41, 5.74) is 6.54. The van der Waals surface area contributed by atoms with Crippen molar-refractivity contribution in [2.45, 2.75) is 206 Å². The van der Waals surface area contributed by atoms with Crippen molar-refractivity contribution in [1.29, 1.82) is 0 Å². The summed E-state index contributed by atoms with van der Waals surface area (Å²) in [6, 6.07) is 2.87. The molecule has 0 aromatic heterocycles. The Labute approximate surface area is 702 Å². The molecule has 8 amide bonds. The molecule has 122 heavy (non-hydrogen) atoms. The van der Waals surface area contributed by atoms with Crippen molar-refractivity contribution in [2.24, 2.45) is 17.4 Å². The summed E-state index contributed by atoms with van der Waals surface area (Å²) < 4.78 is 73.3. The zero-order valence-electron chi connectivity index (χ0n) is 66.5. The molecule has 2 fully saturated rings. The van der Waals surface area contributed by atoms with Crippen LogP contribution in [0.1, 0.15) is 155 Å². The summed E-state index contributed by atoms with van der Waals surface area (Å²) in [5.74, 6) is -17.6. The molecule has 8 aliphatic heterocycles. The second-order valence-electron chi connectivity index (χ2n) is 31.3. The Morgan fingerprint density at radius 3 is 2.02 bits per heavy atom. The van der Waals surface area contributed by atoms with Crippen molar-refractivity contribution in [3.05, 3.63) is 141 Å². The van der Waals surface area contributed by atoms with Crippen molar-refractivity contribution in [2.75, 3.05) is 20.2 Å². The molecule has 19 atom stereocenters. The van der Waals surface area contributed by atoms with E-state index in [-0.39, 0.29) is 41.3 Å². The van der Waals surface area contributed by atoms with E-state index in [1.807, 2.05) is 11.6 Å². The number of ether oxygens (including phenoxy) is 7. The quantitative estimate of drug-likeness (QED) is 0.0423. The fourth-order valence-corrected chi connectivity index (χ4v) is 16.4. The number of carbonyl (C=O) groups is 9. The van der Waals surface area contributed by atoms with Gasteiger partial charge in [-0.25, -0.2) is 17.9 Å².